The monoisotopic (exact) mass is 486 g/mol. The summed E-state index contributed by atoms with van der Waals surface area (Å²) < 4.78 is 44.9. The fraction of sp³-hybridized carbons (Fsp3) is 0.250. The van der Waals surface area contributed by atoms with Gasteiger partial charge in [-0.05, 0) is 36.3 Å². The molecule has 0 amide bonds. The molecule has 170 valence electrons. The molecular formula is C20H17ClF2N2O6S. The number of ether oxygens (including phenoxy) is 4. The maximum Gasteiger partial charge on any atom is 0.387 e. The number of halogens is 3. The number of aryl methyl sites for hydroxylation is 1. The summed E-state index contributed by atoms with van der Waals surface area (Å²) in [5.41, 5.74) is 0.392. The standard InChI is InChI=1S/C20H17ClF2N2O6S/c1-8-13-17(26)24-16(25-18(13)32-15(8)19(27)30-4)10(21)5-9-6-11(28-2)14(31-20(22)23)12(7-9)29-3/h5-7,20H,1-4H3,(H,24,25,26)/b10-5-. The number of thiophene rings is 1. The minimum atomic E-state index is -3.08. The molecule has 32 heavy (non-hydrogen) atoms. The van der Waals surface area contributed by atoms with E-state index in [1.807, 2.05) is 0 Å². The van der Waals surface area contributed by atoms with E-state index in [9.17, 15) is 18.4 Å². The molecule has 2 aromatic heterocycles. The number of carbonyl (C=O) groups excluding carboxylic acids is 1. The lowest BCUT2D eigenvalue weighted by atomic mass is 10.1. The lowest BCUT2D eigenvalue weighted by Gasteiger charge is -2.14. The number of fused-ring (bicyclic) bond motifs is 1. The first-order valence-corrected chi connectivity index (χ1v) is 10.1. The van der Waals surface area contributed by atoms with Gasteiger partial charge in [-0.2, -0.15) is 8.78 Å². The number of carbonyl (C=O) groups is 1. The topological polar surface area (TPSA) is 99.7 Å². The molecule has 0 aliphatic heterocycles. The molecule has 0 atom stereocenters. The number of aromatic nitrogens is 2. The predicted molar refractivity (Wildman–Crippen MR) is 116 cm³/mol. The van der Waals surface area contributed by atoms with Gasteiger partial charge >= 0.3 is 12.6 Å². The predicted octanol–water partition coefficient (Wildman–Crippen LogP) is 4.44. The van der Waals surface area contributed by atoms with Gasteiger partial charge in [0.1, 0.15) is 9.71 Å². The van der Waals surface area contributed by atoms with Crippen LogP contribution in [0.3, 0.4) is 0 Å². The summed E-state index contributed by atoms with van der Waals surface area (Å²) in [5.74, 6) is -0.801. The average Bonchev–Trinajstić information content (AvgIpc) is 3.10. The van der Waals surface area contributed by atoms with E-state index in [4.69, 9.17) is 25.8 Å². The third kappa shape index (κ3) is 4.53. The first kappa shape index (κ1) is 23.5. The largest absolute Gasteiger partial charge is 0.493 e. The van der Waals surface area contributed by atoms with Crippen molar-refractivity contribution < 1.29 is 32.5 Å². The van der Waals surface area contributed by atoms with Crippen molar-refractivity contribution in [3.63, 3.8) is 0 Å². The quantitative estimate of drug-likeness (QED) is 0.493. The first-order chi connectivity index (χ1) is 15.2. The molecule has 0 unspecified atom stereocenters. The first-order valence-electron chi connectivity index (χ1n) is 8.90. The van der Waals surface area contributed by atoms with Crippen LogP contribution in [0.4, 0.5) is 8.78 Å². The third-order valence-electron chi connectivity index (χ3n) is 4.38. The number of aromatic amines is 1. The van der Waals surface area contributed by atoms with E-state index in [1.165, 1.54) is 39.5 Å². The van der Waals surface area contributed by atoms with E-state index in [0.717, 1.165) is 11.3 Å². The molecular weight excluding hydrogens is 470 g/mol. The molecule has 3 aromatic rings. The zero-order chi connectivity index (χ0) is 23.6. The Labute approximate surface area is 189 Å². The Morgan fingerprint density at radius 3 is 2.38 bits per heavy atom. The highest BCUT2D eigenvalue weighted by atomic mass is 35.5. The summed E-state index contributed by atoms with van der Waals surface area (Å²) in [4.78, 5) is 32.0. The molecule has 1 aromatic carbocycles. The highest BCUT2D eigenvalue weighted by molar-refractivity contribution is 7.20. The van der Waals surface area contributed by atoms with Gasteiger partial charge in [-0.1, -0.05) is 11.6 Å². The van der Waals surface area contributed by atoms with Gasteiger partial charge in [-0.25, -0.2) is 9.78 Å². The molecule has 0 spiro atoms. The number of H-pyrrole nitrogens is 1. The summed E-state index contributed by atoms with van der Waals surface area (Å²) in [7, 11) is 3.81. The molecule has 0 saturated heterocycles. The van der Waals surface area contributed by atoms with Crippen LogP contribution in [-0.2, 0) is 4.74 Å². The van der Waals surface area contributed by atoms with Crippen molar-refractivity contribution in [3.8, 4) is 17.2 Å². The summed E-state index contributed by atoms with van der Waals surface area (Å²) in [6.45, 7) is -1.45. The van der Waals surface area contributed by atoms with E-state index in [2.05, 4.69) is 14.7 Å². The van der Waals surface area contributed by atoms with E-state index in [0.29, 0.717) is 16.0 Å². The third-order valence-corrected chi connectivity index (χ3v) is 5.83. The fourth-order valence-electron chi connectivity index (χ4n) is 2.95. The van der Waals surface area contributed by atoms with Crippen molar-refractivity contribution in [1.82, 2.24) is 9.97 Å². The second-order valence-electron chi connectivity index (χ2n) is 6.27. The van der Waals surface area contributed by atoms with Crippen LogP contribution in [0.1, 0.15) is 26.6 Å². The minimum absolute atomic E-state index is 0.00567. The van der Waals surface area contributed by atoms with Gasteiger partial charge in [0.25, 0.3) is 5.56 Å². The fourth-order valence-corrected chi connectivity index (χ4v) is 4.26. The summed E-state index contributed by atoms with van der Waals surface area (Å²) >= 11 is 7.38. The maximum atomic E-state index is 12.7. The molecule has 0 fully saturated rings. The zero-order valence-electron chi connectivity index (χ0n) is 17.2. The summed E-state index contributed by atoms with van der Waals surface area (Å²) in [6.07, 6.45) is 1.44. The van der Waals surface area contributed by atoms with Crippen LogP contribution in [0.15, 0.2) is 16.9 Å². The van der Waals surface area contributed by atoms with Crippen molar-refractivity contribution in [3.05, 3.63) is 44.3 Å². The van der Waals surface area contributed by atoms with Gasteiger partial charge in [-0.15, -0.1) is 11.3 Å². The van der Waals surface area contributed by atoms with Crippen LogP contribution in [0.25, 0.3) is 21.3 Å². The van der Waals surface area contributed by atoms with Crippen molar-refractivity contribution in [1.29, 1.82) is 0 Å². The van der Waals surface area contributed by atoms with E-state index >= 15 is 0 Å². The Balaban J connectivity index is 2.09. The lowest BCUT2D eigenvalue weighted by Crippen LogP contribution is -2.10. The molecule has 0 aliphatic carbocycles. The van der Waals surface area contributed by atoms with Crippen molar-refractivity contribution in [2.45, 2.75) is 13.5 Å². The summed E-state index contributed by atoms with van der Waals surface area (Å²) in [5, 5.41) is 0.307. The Bertz CT molecular complexity index is 1250. The molecule has 3 rings (SSSR count). The Kier molecular flexibility index (Phi) is 6.99. The Morgan fingerprint density at radius 2 is 1.84 bits per heavy atom. The average molecular weight is 487 g/mol. The molecule has 0 saturated carbocycles. The normalized spacial score (nSPS) is 11.7. The number of benzene rings is 1. The minimum Gasteiger partial charge on any atom is -0.493 e. The van der Waals surface area contributed by atoms with Gasteiger partial charge < -0.3 is 23.9 Å². The number of methoxy groups -OCH3 is 3. The Morgan fingerprint density at radius 1 is 1.22 bits per heavy atom. The number of esters is 1. The smallest absolute Gasteiger partial charge is 0.387 e. The molecule has 8 nitrogen and oxygen atoms in total. The zero-order valence-corrected chi connectivity index (χ0v) is 18.8. The van der Waals surface area contributed by atoms with Crippen molar-refractivity contribution in [2.75, 3.05) is 21.3 Å². The number of rotatable bonds is 7. The Hall–Kier alpha value is -3.18. The number of hydrogen-bond donors (Lipinski definition) is 1. The van der Waals surface area contributed by atoms with E-state index < -0.39 is 18.1 Å². The van der Waals surface area contributed by atoms with Crippen LogP contribution in [0.5, 0.6) is 17.2 Å². The van der Waals surface area contributed by atoms with Gasteiger partial charge in [-0.3, -0.25) is 4.79 Å². The maximum absolute atomic E-state index is 12.7. The molecule has 0 radical (unpaired) electrons. The highest BCUT2D eigenvalue weighted by Gasteiger charge is 2.21. The SMILES string of the molecule is COC(=O)c1sc2nc(/C(Cl)=C/c3cc(OC)c(OC(F)F)c(OC)c3)[nH]c(=O)c2c1C. The number of nitrogens with zero attached hydrogens (tertiary/aromatic N) is 1. The highest BCUT2D eigenvalue weighted by Crippen LogP contribution is 2.40. The van der Waals surface area contributed by atoms with E-state index in [-0.39, 0.29) is 38.4 Å². The summed E-state index contributed by atoms with van der Waals surface area (Å²) in [6, 6.07) is 2.81. The van der Waals surface area contributed by atoms with Crippen LogP contribution in [0.2, 0.25) is 0 Å². The van der Waals surface area contributed by atoms with Crippen molar-refractivity contribution >= 4 is 50.2 Å². The van der Waals surface area contributed by atoms with Crippen LogP contribution in [-0.4, -0.2) is 43.9 Å². The van der Waals surface area contributed by atoms with Crippen molar-refractivity contribution in [2.24, 2.45) is 0 Å². The van der Waals surface area contributed by atoms with E-state index in [1.54, 1.807) is 6.92 Å². The molecule has 12 heteroatoms. The molecule has 1 N–H and O–H groups in total. The van der Waals surface area contributed by atoms with Crippen LogP contribution >= 0.6 is 22.9 Å². The number of hydrogen-bond acceptors (Lipinski definition) is 8. The van der Waals surface area contributed by atoms with Crippen LogP contribution < -0.4 is 19.8 Å². The second-order valence-corrected chi connectivity index (χ2v) is 7.67. The van der Waals surface area contributed by atoms with Gasteiger partial charge in [0.2, 0.25) is 5.75 Å². The van der Waals surface area contributed by atoms with Gasteiger partial charge in [0.15, 0.2) is 17.3 Å². The van der Waals surface area contributed by atoms with Gasteiger partial charge in [0.05, 0.1) is 31.7 Å². The molecule has 2 heterocycles. The molecule has 0 bridgehead atoms. The molecule has 0 aliphatic rings. The van der Waals surface area contributed by atoms with Crippen LogP contribution in [0, 0.1) is 6.92 Å². The lowest BCUT2D eigenvalue weighted by molar-refractivity contribution is -0.0526. The number of alkyl halides is 2. The second kappa shape index (κ2) is 9.53. The van der Waals surface area contributed by atoms with Gasteiger partial charge in [0, 0.05) is 0 Å². The number of nitrogens with one attached hydrogen (secondary N) is 1.